The molecule has 0 aromatic rings. The number of alkyl halides is 1. The number of methoxy groups -OCH3 is 2. The van der Waals surface area contributed by atoms with Crippen LogP contribution < -0.4 is 0 Å². The highest BCUT2D eigenvalue weighted by atomic mass is 79.9. The topological polar surface area (TPSA) is 119 Å². The third-order valence-corrected chi connectivity index (χ3v) is 12.7. The third-order valence-electron chi connectivity index (χ3n) is 12.1. The fourth-order valence-electron chi connectivity index (χ4n) is 7.96. The van der Waals surface area contributed by atoms with Crippen LogP contribution in [-0.4, -0.2) is 108 Å². The molecule has 0 heterocycles. The number of aliphatic hydroxyl groups excluding tert-OH is 1. The van der Waals surface area contributed by atoms with Crippen LogP contribution in [0, 0.1) is 0 Å². The molecule has 71 heavy (non-hydrogen) atoms. The van der Waals surface area contributed by atoms with Gasteiger partial charge in [-0.2, -0.15) is 0 Å². The fraction of sp³-hybridized carbons (Fsp3) is 0.967. The Kier molecular flexibility index (Phi) is 81.8. The van der Waals surface area contributed by atoms with E-state index in [-0.39, 0.29) is 32.9 Å². The summed E-state index contributed by atoms with van der Waals surface area (Å²) in [6.45, 7) is 13.4. The van der Waals surface area contributed by atoms with Crippen LogP contribution in [0.4, 0.5) is 0 Å². The zero-order valence-electron chi connectivity index (χ0n) is 46.6. The Morgan fingerprint density at radius 2 is 0.704 bits per heavy atom. The molecule has 11 heteroatoms. The van der Waals surface area contributed by atoms with Crippen LogP contribution in [0.3, 0.4) is 0 Å². The first kappa shape index (κ1) is 79.1. The molecule has 0 aliphatic heterocycles. The Bertz CT molecular complexity index is 945. The Hall–Kier alpha value is -0.820. The number of esters is 2. The van der Waals surface area contributed by atoms with Crippen LogP contribution in [-0.2, 0) is 42.7 Å². The summed E-state index contributed by atoms with van der Waals surface area (Å²) in [5, 5.41) is 10.5. The second-order valence-electron chi connectivity index (χ2n) is 19.0. The van der Waals surface area contributed by atoms with Crippen molar-refractivity contribution in [3.63, 3.8) is 0 Å². The SMILES string of the molecule is C.C.CCCCCCCCCCCCCCCCOCC(COC)OCCCCCCC(=O)OCC.CCCCCCCCCCCCCCCCOCC(O)COC.CCOC(=O)CCCCCCBr. The van der Waals surface area contributed by atoms with Crippen molar-refractivity contribution in [2.24, 2.45) is 0 Å². The van der Waals surface area contributed by atoms with Gasteiger partial charge < -0.3 is 38.3 Å². The van der Waals surface area contributed by atoms with Crippen LogP contribution in [0.25, 0.3) is 0 Å². The quantitative estimate of drug-likeness (QED) is 0.0358. The molecule has 0 aromatic heterocycles. The van der Waals surface area contributed by atoms with Gasteiger partial charge in [0, 0.05) is 52.2 Å². The minimum Gasteiger partial charge on any atom is -0.466 e. The maximum absolute atomic E-state index is 11.3. The maximum atomic E-state index is 11.3. The number of aliphatic hydroxyl groups is 1. The van der Waals surface area contributed by atoms with E-state index in [2.05, 4.69) is 29.8 Å². The lowest BCUT2D eigenvalue weighted by molar-refractivity contribution is -0.144. The van der Waals surface area contributed by atoms with Crippen molar-refractivity contribution < 1.29 is 47.9 Å². The first-order valence-electron chi connectivity index (χ1n) is 29.2. The number of ether oxygens (including phenoxy) is 7. The van der Waals surface area contributed by atoms with Gasteiger partial charge >= 0.3 is 11.9 Å². The zero-order chi connectivity index (χ0) is 51.2. The van der Waals surface area contributed by atoms with E-state index in [4.69, 9.17) is 33.2 Å². The van der Waals surface area contributed by atoms with Gasteiger partial charge in [0.1, 0.15) is 12.2 Å². The first-order chi connectivity index (χ1) is 33.9. The molecule has 10 nitrogen and oxygen atoms in total. The molecule has 0 aromatic carbocycles. The van der Waals surface area contributed by atoms with Crippen molar-refractivity contribution in [2.75, 3.05) is 79.0 Å². The molecule has 0 spiro atoms. The summed E-state index contributed by atoms with van der Waals surface area (Å²) < 4.78 is 37.1. The van der Waals surface area contributed by atoms with Gasteiger partial charge in [0.2, 0.25) is 0 Å². The number of rotatable bonds is 54. The number of unbranched alkanes of at least 4 members (excludes halogenated alkanes) is 32. The van der Waals surface area contributed by atoms with Crippen molar-refractivity contribution >= 4 is 27.9 Å². The van der Waals surface area contributed by atoms with Crippen LogP contribution in [0.1, 0.15) is 287 Å². The lowest BCUT2D eigenvalue weighted by Crippen LogP contribution is -2.26. The van der Waals surface area contributed by atoms with Crippen molar-refractivity contribution in [1.29, 1.82) is 0 Å². The molecular formula is C60H125BrO10. The standard InChI is InChI=1S/C29H58O5.C20H42O3.C9H17BrO2.2CH4/c1-4-6-7-8-9-10-11-12-13-14-15-16-18-21-24-32-27-28(26-31-3)34-25-22-19-17-20-23-29(30)33-5-2;1-3-4-5-6-7-8-9-10-11-12-13-14-15-16-17-23-19-20(21)18-22-2;1-2-12-9(11)7-5-3-4-6-8-10;;/h28H,4-27H2,1-3H3;20-21H,3-19H2,1-2H3;2-8H2,1H3;2*1H4. The molecule has 1 N–H and O–H groups in total. The first-order valence-corrected chi connectivity index (χ1v) is 30.3. The van der Waals surface area contributed by atoms with E-state index in [0.717, 1.165) is 76.5 Å². The van der Waals surface area contributed by atoms with Gasteiger partial charge in [-0.1, -0.05) is 237 Å². The molecule has 0 radical (unpaired) electrons. The Balaban J connectivity index is -0.000000338. The molecule has 2 unspecified atom stereocenters. The number of carbonyl (C=O) groups is 2. The highest BCUT2D eigenvalue weighted by Gasteiger charge is 2.10. The average molecular weight is 1090 g/mol. The molecule has 0 rings (SSSR count). The molecule has 0 bridgehead atoms. The molecule has 2 atom stereocenters. The molecule has 0 amide bonds. The van der Waals surface area contributed by atoms with E-state index < -0.39 is 6.10 Å². The minimum absolute atomic E-state index is 0. The second kappa shape index (κ2) is 73.4. The Labute approximate surface area is 451 Å². The summed E-state index contributed by atoms with van der Waals surface area (Å²) in [6.07, 6.45) is 47.6. The van der Waals surface area contributed by atoms with E-state index in [1.165, 1.54) is 180 Å². The van der Waals surface area contributed by atoms with Crippen LogP contribution in [0.15, 0.2) is 0 Å². The van der Waals surface area contributed by atoms with Gasteiger partial charge in [-0.15, -0.1) is 0 Å². The van der Waals surface area contributed by atoms with Gasteiger partial charge in [-0.05, 0) is 52.4 Å². The molecule has 0 saturated carbocycles. The molecule has 0 fully saturated rings. The van der Waals surface area contributed by atoms with E-state index in [1.54, 1.807) is 14.2 Å². The summed E-state index contributed by atoms with van der Waals surface area (Å²) in [5.74, 6) is -0.147. The van der Waals surface area contributed by atoms with Gasteiger partial charge in [0.15, 0.2) is 0 Å². The van der Waals surface area contributed by atoms with Crippen LogP contribution >= 0.6 is 15.9 Å². The predicted molar refractivity (Wildman–Crippen MR) is 308 cm³/mol. The highest BCUT2D eigenvalue weighted by molar-refractivity contribution is 9.09. The average Bonchev–Trinajstić information content (AvgIpc) is 3.34. The van der Waals surface area contributed by atoms with E-state index in [9.17, 15) is 14.7 Å². The summed E-state index contributed by atoms with van der Waals surface area (Å²) in [4.78, 5) is 22.2. The predicted octanol–water partition coefficient (Wildman–Crippen LogP) is 17.7. The molecule has 0 aliphatic rings. The fourth-order valence-corrected chi connectivity index (χ4v) is 8.36. The van der Waals surface area contributed by atoms with E-state index in [1.807, 2.05) is 13.8 Å². The lowest BCUT2D eigenvalue weighted by atomic mass is 10.0. The van der Waals surface area contributed by atoms with Crippen LogP contribution in [0.2, 0.25) is 0 Å². The number of halogens is 1. The zero-order valence-corrected chi connectivity index (χ0v) is 48.2. The maximum Gasteiger partial charge on any atom is 0.305 e. The summed E-state index contributed by atoms with van der Waals surface area (Å²) >= 11 is 3.36. The van der Waals surface area contributed by atoms with E-state index in [0.29, 0.717) is 52.5 Å². The molecule has 0 saturated heterocycles. The Morgan fingerprint density at radius 1 is 0.394 bits per heavy atom. The lowest BCUT2D eigenvalue weighted by Gasteiger charge is -2.17. The largest absolute Gasteiger partial charge is 0.466 e. The van der Waals surface area contributed by atoms with Crippen LogP contribution in [0.5, 0.6) is 0 Å². The molecule has 432 valence electrons. The number of hydrogen-bond donors (Lipinski definition) is 1. The van der Waals surface area contributed by atoms with Crippen molar-refractivity contribution in [2.45, 2.75) is 299 Å². The summed E-state index contributed by atoms with van der Waals surface area (Å²) in [6, 6.07) is 0. The van der Waals surface area contributed by atoms with Gasteiger partial charge in [-0.3, -0.25) is 9.59 Å². The Morgan fingerprint density at radius 3 is 1.04 bits per heavy atom. The number of hydrogen-bond acceptors (Lipinski definition) is 10. The second-order valence-corrected chi connectivity index (χ2v) is 19.8. The minimum atomic E-state index is -0.480. The number of carbonyl (C=O) groups excluding carboxylic acids is 2. The smallest absolute Gasteiger partial charge is 0.305 e. The van der Waals surface area contributed by atoms with Gasteiger partial charge in [0.25, 0.3) is 0 Å². The summed E-state index contributed by atoms with van der Waals surface area (Å²) in [7, 11) is 3.30. The third kappa shape index (κ3) is 75.8. The molecular weight excluding hydrogens is 961 g/mol. The van der Waals surface area contributed by atoms with E-state index >= 15 is 0 Å². The monoisotopic (exact) mass is 1080 g/mol. The van der Waals surface area contributed by atoms with Gasteiger partial charge in [-0.25, -0.2) is 0 Å². The van der Waals surface area contributed by atoms with Crippen molar-refractivity contribution in [1.82, 2.24) is 0 Å². The van der Waals surface area contributed by atoms with Gasteiger partial charge in [0.05, 0.1) is 39.6 Å². The normalized spacial score (nSPS) is 11.6. The van der Waals surface area contributed by atoms with Crippen molar-refractivity contribution in [3.05, 3.63) is 0 Å². The highest BCUT2D eigenvalue weighted by Crippen LogP contribution is 2.15. The summed E-state index contributed by atoms with van der Waals surface area (Å²) in [5.41, 5.74) is 0. The molecule has 0 aliphatic carbocycles. The van der Waals surface area contributed by atoms with Crippen molar-refractivity contribution in [3.8, 4) is 0 Å².